The van der Waals surface area contributed by atoms with Gasteiger partial charge in [0.15, 0.2) is 0 Å². The minimum absolute atomic E-state index is 0. The molecule has 22 heavy (non-hydrogen) atoms. The van der Waals surface area contributed by atoms with Crippen LogP contribution in [-0.2, 0) is 9.53 Å². The second-order valence-corrected chi connectivity index (χ2v) is 5.03. The van der Waals surface area contributed by atoms with E-state index in [2.05, 4.69) is 10.6 Å². The highest BCUT2D eigenvalue weighted by atomic mass is 35.5. The van der Waals surface area contributed by atoms with Crippen LogP contribution < -0.4 is 15.4 Å². The predicted octanol–water partition coefficient (Wildman–Crippen LogP) is 0.645. The van der Waals surface area contributed by atoms with Crippen LogP contribution in [0.1, 0.15) is 18.1 Å². The number of aliphatic hydroxyl groups is 1. The Morgan fingerprint density at radius 2 is 2.41 bits per heavy atom. The van der Waals surface area contributed by atoms with Gasteiger partial charge in [-0.15, -0.1) is 12.4 Å². The van der Waals surface area contributed by atoms with Crippen molar-refractivity contribution in [2.24, 2.45) is 0 Å². The summed E-state index contributed by atoms with van der Waals surface area (Å²) in [4.78, 5) is 11.8. The van der Waals surface area contributed by atoms with Crippen molar-refractivity contribution in [1.29, 1.82) is 0 Å². The average Bonchev–Trinajstić information content (AvgIpc) is 2.53. The highest BCUT2D eigenvalue weighted by molar-refractivity contribution is 5.85. The lowest BCUT2D eigenvalue weighted by Gasteiger charge is -2.23. The van der Waals surface area contributed by atoms with E-state index in [1.807, 2.05) is 12.1 Å². The molecular formula is C15H23ClN2O4. The van der Waals surface area contributed by atoms with E-state index in [9.17, 15) is 9.90 Å². The average molecular weight is 331 g/mol. The third kappa shape index (κ3) is 5.81. The van der Waals surface area contributed by atoms with Gasteiger partial charge in [-0.1, -0.05) is 12.1 Å². The molecular weight excluding hydrogens is 308 g/mol. The summed E-state index contributed by atoms with van der Waals surface area (Å²) in [5, 5.41) is 16.0. The third-order valence-corrected chi connectivity index (χ3v) is 3.40. The van der Waals surface area contributed by atoms with Gasteiger partial charge >= 0.3 is 0 Å². The fourth-order valence-corrected chi connectivity index (χ4v) is 2.22. The number of ether oxygens (including phenoxy) is 2. The first-order chi connectivity index (χ1) is 10.2. The first-order valence-corrected chi connectivity index (χ1v) is 7.09. The maximum atomic E-state index is 11.8. The Kier molecular flexibility index (Phi) is 8.19. The second-order valence-electron chi connectivity index (χ2n) is 5.03. The number of benzene rings is 1. The van der Waals surface area contributed by atoms with E-state index in [0.717, 1.165) is 6.54 Å². The van der Waals surface area contributed by atoms with Crippen LogP contribution in [0.3, 0.4) is 0 Å². The van der Waals surface area contributed by atoms with Crippen molar-refractivity contribution < 1.29 is 19.4 Å². The Morgan fingerprint density at radius 3 is 3.09 bits per heavy atom. The largest absolute Gasteiger partial charge is 0.497 e. The van der Waals surface area contributed by atoms with Crippen molar-refractivity contribution in [3.8, 4) is 5.75 Å². The van der Waals surface area contributed by atoms with Crippen LogP contribution in [-0.4, -0.2) is 50.5 Å². The van der Waals surface area contributed by atoms with E-state index in [1.54, 1.807) is 19.2 Å². The molecule has 2 unspecified atom stereocenters. The lowest BCUT2D eigenvalue weighted by molar-refractivity contribution is -0.122. The SMILES string of the molecule is COc1cccc(C(O)CNC(=O)CC2COCCN2)c1.Cl. The number of hydrogen-bond donors (Lipinski definition) is 3. The number of amides is 1. The molecule has 1 aromatic carbocycles. The van der Waals surface area contributed by atoms with E-state index < -0.39 is 6.10 Å². The summed E-state index contributed by atoms with van der Waals surface area (Å²) in [7, 11) is 1.58. The molecule has 1 aliphatic rings. The Hall–Kier alpha value is -1.34. The molecule has 124 valence electrons. The number of halogens is 1. The van der Waals surface area contributed by atoms with Crippen molar-refractivity contribution in [3.63, 3.8) is 0 Å². The molecule has 0 aromatic heterocycles. The molecule has 1 amide bonds. The summed E-state index contributed by atoms with van der Waals surface area (Å²) in [5.41, 5.74) is 0.716. The van der Waals surface area contributed by atoms with Crippen LogP contribution in [0, 0.1) is 0 Å². The first-order valence-electron chi connectivity index (χ1n) is 7.09. The standard InChI is InChI=1S/C15H22N2O4.ClH/c1-20-13-4-2-3-11(7-13)14(18)9-17-15(19)8-12-10-21-6-5-16-12;/h2-4,7,12,14,16,18H,5-6,8-10H2,1H3,(H,17,19);1H. The minimum Gasteiger partial charge on any atom is -0.497 e. The van der Waals surface area contributed by atoms with Gasteiger partial charge in [0.25, 0.3) is 0 Å². The van der Waals surface area contributed by atoms with Crippen molar-refractivity contribution >= 4 is 18.3 Å². The Labute approximate surface area is 136 Å². The molecule has 2 rings (SSSR count). The van der Waals surface area contributed by atoms with Crippen LogP contribution in [0.4, 0.5) is 0 Å². The summed E-state index contributed by atoms with van der Waals surface area (Å²) in [5.74, 6) is 0.585. The van der Waals surface area contributed by atoms with Crippen LogP contribution in [0.25, 0.3) is 0 Å². The monoisotopic (exact) mass is 330 g/mol. The highest BCUT2D eigenvalue weighted by Gasteiger charge is 2.17. The minimum atomic E-state index is -0.750. The molecule has 0 saturated carbocycles. The second kappa shape index (κ2) is 9.63. The van der Waals surface area contributed by atoms with Crippen LogP contribution in [0.2, 0.25) is 0 Å². The number of morpholine rings is 1. The van der Waals surface area contributed by atoms with Gasteiger partial charge in [-0.3, -0.25) is 4.79 Å². The van der Waals surface area contributed by atoms with Crippen molar-refractivity contribution in [3.05, 3.63) is 29.8 Å². The quantitative estimate of drug-likeness (QED) is 0.713. The first kappa shape index (κ1) is 18.7. The lowest BCUT2D eigenvalue weighted by Crippen LogP contribution is -2.44. The molecule has 1 heterocycles. The lowest BCUT2D eigenvalue weighted by atomic mass is 10.1. The zero-order valence-electron chi connectivity index (χ0n) is 12.6. The predicted molar refractivity (Wildman–Crippen MR) is 85.4 cm³/mol. The van der Waals surface area contributed by atoms with E-state index in [1.165, 1.54) is 0 Å². The van der Waals surface area contributed by atoms with Crippen molar-refractivity contribution in [2.75, 3.05) is 33.4 Å². The molecule has 1 fully saturated rings. The molecule has 1 aromatic rings. The number of carbonyl (C=O) groups excluding carboxylic acids is 1. The summed E-state index contributed by atoms with van der Waals surface area (Å²) in [6, 6.07) is 7.22. The van der Waals surface area contributed by atoms with Gasteiger partial charge in [0.1, 0.15) is 5.75 Å². The van der Waals surface area contributed by atoms with Gasteiger partial charge in [-0.05, 0) is 17.7 Å². The Bertz CT molecular complexity index is 467. The molecule has 0 radical (unpaired) electrons. The normalized spacial score (nSPS) is 18.9. The molecule has 0 aliphatic carbocycles. The summed E-state index contributed by atoms with van der Waals surface area (Å²) < 4.78 is 10.4. The molecule has 3 N–H and O–H groups in total. The Balaban J connectivity index is 0.00000242. The number of methoxy groups -OCH3 is 1. The molecule has 2 atom stereocenters. The Morgan fingerprint density at radius 1 is 1.59 bits per heavy atom. The summed E-state index contributed by atoms with van der Waals surface area (Å²) in [6.45, 7) is 2.18. The maximum absolute atomic E-state index is 11.8. The summed E-state index contributed by atoms with van der Waals surface area (Å²) in [6.07, 6.45) is -0.398. The van der Waals surface area contributed by atoms with E-state index in [0.29, 0.717) is 30.9 Å². The molecule has 7 heteroatoms. The number of nitrogens with one attached hydrogen (secondary N) is 2. The zero-order valence-corrected chi connectivity index (χ0v) is 13.4. The van der Waals surface area contributed by atoms with Gasteiger partial charge < -0.3 is 25.2 Å². The molecule has 1 saturated heterocycles. The summed E-state index contributed by atoms with van der Waals surface area (Å²) >= 11 is 0. The molecule has 0 spiro atoms. The number of hydrogen-bond acceptors (Lipinski definition) is 5. The fourth-order valence-electron chi connectivity index (χ4n) is 2.22. The van der Waals surface area contributed by atoms with Gasteiger partial charge in [0.2, 0.25) is 5.91 Å². The fraction of sp³-hybridized carbons (Fsp3) is 0.533. The van der Waals surface area contributed by atoms with E-state index >= 15 is 0 Å². The zero-order chi connectivity index (χ0) is 15.1. The van der Waals surface area contributed by atoms with Crippen LogP contribution in [0.15, 0.2) is 24.3 Å². The van der Waals surface area contributed by atoms with Crippen LogP contribution in [0.5, 0.6) is 5.75 Å². The third-order valence-electron chi connectivity index (χ3n) is 3.40. The van der Waals surface area contributed by atoms with E-state index in [4.69, 9.17) is 9.47 Å². The number of carbonyl (C=O) groups is 1. The van der Waals surface area contributed by atoms with Gasteiger partial charge in [0.05, 0.1) is 26.4 Å². The van der Waals surface area contributed by atoms with Gasteiger partial charge in [-0.2, -0.15) is 0 Å². The molecule has 0 bridgehead atoms. The topological polar surface area (TPSA) is 79.8 Å². The van der Waals surface area contributed by atoms with E-state index in [-0.39, 0.29) is 30.9 Å². The molecule has 6 nitrogen and oxygen atoms in total. The van der Waals surface area contributed by atoms with Crippen molar-refractivity contribution in [1.82, 2.24) is 10.6 Å². The smallest absolute Gasteiger partial charge is 0.221 e. The number of rotatable bonds is 6. The highest BCUT2D eigenvalue weighted by Crippen LogP contribution is 2.18. The van der Waals surface area contributed by atoms with Gasteiger partial charge in [0, 0.05) is 25.6 Å². The van der Waals surface area contributed by atoms with Crippen LogP contribution >= 0.6 is 12.4 Å². The van der Waals surface area contributed by atoms with Gasteiger partial charge in [-0.25, -0.2) is 0 Å². The van der Waals surface area contributed by atoms with Crippen molar-refractivity contribution in [2.45, 2.75) is 18.6 Å². The number of aliphatic hydroxyl groups excluding tert-OH is 1. The maximum Gasteiger partial charge on any atom is 0.221 e. The molecule has 1 aliphatic heterocycles.